The zero-order valence-corrected chi connectivity index (χ0v) is 16.1. The average molecular weight is 381 g/mol. The Labute approximate surface area is 163 Å². The normalized spacial score (nSPS) is 10.7. The van der Waals surface area contributed by atoms with Crippen LogP contribution in [0.4, 0.5) is 0 Å². The van der Waals surface area contributed by atoms with Crippen LogP contribution in [-0.2, 0) is 6.54 Å². The maximum Gasteiger partial charge on any atom is 0.261 e. The molecule has 1 aromatic carbocycles. The monoisotopic (exact) mass is 380 g/mol. The van der Waals surface area contributed by atoms with Crippen molar-refractivity contribution in [2.45, 2.75) is 32.2 Å². The summed E-state index contributed by atoms with van der Waals surface area (Å²) < 4.78 is 5.81. The molecule has 1 amide bonds. The Kier molecular flexibility index (Phi) is 6.99. The molecule has 3 aromatic rings. The Morgan fingerprint density at radius 1 is 1.19 bits per heavy atom. The third-order valence-corrected chi connectivity index (χ3v) is 5.25. The number of ether oxygens (including phenoxy) is 1. The number of allylic oxidation sites excluding steroid dienone is 1. The number of nitrogens with zero attached hydrogens (tertiary/aromatic N) is 1. The van der Waals surface area contributed by atoms with E-state index in [0.29, 0.717) is 18.0 Å². The van der Waals surface area contributed by atoms with Crippen molar-refractivity contribution in [1.29, 1.82) is 0 Å². The third kappa shape index (κ3) is 5.66. The van der Waals surface area contributed by atoms with Gasteiger partial charge in [-0.05, 0) is 55.5 Å². The van der Waals surface area contributed by atoms with Crippen LogP contribution in [0.1, 0.15) is 40.9 Å². The number of pyridine rings is 1. The van der Waals surface area contributed by atoms with E-state index in [4.69, 9.17) is 4.74 Å². The zero-order valence-electron chi connectivity index (χ0n) is 15.3. The second-order valence-corrected chi connectivity index (χ2v) is 7.36. The number of hydrogen-bond donors (Lipinski definition) is 1. The van der Waals surface area contributed by atoms with Gasteiger partial charge in [0.2, 0.25) is 0 Å². The fourth-order valence-electron chi connectivity index (χ4n) is 2.76. The second-order valence-electron chi connectivity index (χ2n) is 6.32. The van der Waals surface area contributed by atoms with Gasteiger partial charge < -0.3 is 10.1 Å². The van der Waals surface area contributed by atoms with E-state index in [9.17, 15) is 4.79 Å². The van der Waals surface area contributed by atoms with E-state index >= 15 is 0 Å². The Morgan fingerprint density at radius 2 is 2.11 bits per heavy atom. The average Bonchev–Trinajstić information content (AvgIpc) is 3.13. The summed E-state index contributed by atoms with van der Waals surface area (Å²) in [5.74, 6) is 0.767. The summed E-state index contributed by atoms with van der Waals surface area (Å²) in [6.07, 6.45) is 8.09. The van der Waals surface area contributed by atoms with E-state index in [0.717, 1.165) is 47.2 Å². The molecule has 0 aliphatic rings. The first-order valence-electron chi connectivity index (χ1n) is 9.21. The lowest BCUT2D eigenvalue weighted by atomic mass is 10.2. The number of amides is 1. The van der Waals surface area contributed by atoms with Gasteiger partial charge in [0, 0.05) is 18.1 Å². The standard InChI is InChI=1S/C22H24N2O2S/c1-2-3-4-5-6-13-26-19-11-7-9-17(14-19)16-24-21(25)20-15-18-10-8-12-23-22(18)27-20/h2,7-12,14-15H,1,3-6,13,16H2,(H,24,25). The first-order chi connectivity index (χ1) is 13.3. The van der Waals surface area contributed by atoms with E-state index in [1.807, 2.05) is 48.5 Å². The first-order valence-corrected chi connectivity index (χ1v) is 10.0. The number of rotatable bonds is 10. The highest BCUT2D eigenvalue weighted by Crippen LogP contribution is 2.23. The molecule has 2 heterocycles. The molecule has 2 aromatic heterocycles. The fraction of sp³-hybridized carbons (Fsp3) is 0.273. The third-order valence-electron chi connectivity index (χ3n) is 4.19. The van der Waals surface area contributed by atoms with Crippen molar-refractivity contribution in [1.82, 2.24) is 10.3 Å². The minimum absolute atomic E-state index is 0.0773. The predicted octanol–water partition coefficient (Wildman–Crippen LogP) is 5.35. The van der Waals surface area contributed by atoms with Gasteiger partial charge in [-0.1, -0.05) is 24.3 Å². The fourth-order valence-corrected chi connectivity index (χ4v) is 3.67. The summed E-state index contributed by atoms with van der Waals surface area (Å²) in [7, 11) is 0. The Morgan fingerprint density at radius 3 is 2.96 bits per heavy atom. The van der Waals surface area contributed by atoms with Gasteiger partial charge in [0.15, 0.2) is 0 Å². The molecule has 0 atom stereocenters. The quantitative estimate of drug-likeness (QED) is 0.381. The van der Waals surface area contributed by atoms with Crippen molar-refractivity contribution in [2.24, 2.45) is 0 Å². The predicted molar refractivity (Wildman–Crippen MR) is 111 cm³/mol. The van der Waals surface area contributed by atoms with Crippen LogP contribution in [0.5, 0.6) is 5.75 Å². The Hall–Kier alpha value is -2.66. The van der Waals surface area contributed by atoms with Gasteiger partial charge in [0.25, 0.3) is 5.91 Å². The molecule has 0 aliphatic carbocycles. The molecule has 5 heteroatoms. The summed E-state index contributed by atoms with van der Waals surface area (Å²) in [5.41, 5.74) is 1.02. The molecule has 0 saturated carbocycles. The zero-order chi connectivity index (χ0) is 18.9. The van der Waals surface area contributed by atoms with Gasteiger partial charge in [0.05, 0.1) is 11.5 Å². The van der Waals surface area contributed by atoms with Crippen LogP contribution in [0.3, 0.4) is 0 Å². The topological polar surface area (TPSA) is 51.2 Å². The van der Waals surface area contributed by atoms with Gasteiger partial charge in [-0.2, -0.15) is 0 Å². The molecule has 0 radical (unpaired) electrons. The molecule has 27 heavy (non-hydrogen) atoms. The van der Waals surface area contributed by atoms with E-state index in [1.165, 1.54) is 11.3 Å². The summed E-state index contributed by atoms with van der Waals surface area (Å²) in [6.45, 7) is 4.91. The molecule has 0 unspecified atom stereocenters. The lowest BCUT2D eigenvalue weighted by molar-refractivity contribution is 0.0955. The molecule has 0 fully saturated rings. The van der Waals surface area contributed by atoms with Gasteiger partial charge >= 0.3 is 0 Å². The van der Waals surface area contributed by atoms with Crippen molar-refractivity contribution in [3.05, 3.63) is 71.8 Å². The number of carbonyl (C=O) groups is 1. The number of nitrogens with one attached hydrogen (secondary N) is 1. The van der Waals surface area contributed by atoms with Gasteiger partial charge in [0.1, 0.15) is 10.6 Å². The largest absolute Gasteiger partial charge is 0.494 e. The second kappa shape index (κ2) is 9.88. The number of thiophene rings is 1. The van der Waals surface area contributed by atoms with Crippen molar-refractivity contribution >= 4 is 27.5 Å². The van der Waals surface area contributed by atoms with Crippen molar-refractivity contribution < 1.29 is 9.53 Å². The number of hydrogen-bond acceptors (Lipinski definition) is 4. The smallest absolute Gasteiger partial charge is 0.261 e. The molecular weight excluding hydrogens is 356 g/mol. The molecule has 0 spiro atoms. The minimum atomic E-state index is -0.0773. The number of carbonyl (C=O) groups excluding carboxylic acids is 1. The van der Waals surface area contributed by atoms with Gasteiger partial charge in [-0.25, -0.2) is 4.98 Å². The molecule has 140 valence electrons. The summed E-state index contributed by atoms with van der Waals surface area (Å²) in [6, 6.07) is 13.6. The Bertz CT molecular complexity index is 871. The van der Waals surface area contributed by atoms with E-state index in [2.05, 4.69) is 16.9 Å². The van der Waals surface area contributed by atoms with E-state index in [1.54, 1.807) is 6.20 Å². The maximum atomic E-state index is 12.4. The number of benzene rings is 1. The maximum absolute atomic E-state index is 12.4. The van der Waals surface area contributed by atoms with E-state index in [-0.39, 0.29) is 5.91 Å². The van der Waals surface area contributed by atoms with E-state index < -0.39 is 0 Å². The van der Waals surface area contributed by atoms with Crippen LogP contribution in [0.15, 0.2) is 61.3 Å². The molecule has 0 saturated heterocycles. The highest BCUT2D eigenvalue weighted by molar-refractivity contribution is 7.20. The van der Waals surface area contributed by atoms with Crippen LogP contribution in [0, 0.1) is 0 Å². The van der Waals surface area contributed by atoms with Crippen molar-refractivity contribution in [3.63, 3.8) is 0 Å². The molecule has 3 rings (SSSR count). The minimum Gasteiger partial charge on any atom is -0.494 e. The van der Waals surface area contributed by atoms with Crippen LogP contribution in [0.2, 0.25) is 0 Å². The van der Waals surface area contributed by atoms with Gasteiger partial charge in [-0.3, -0.25) is 4.79 Å². The number of unbranched alkanes of at least 4 members (excludes halogenated alkanes) is 3. The highest BCUT2D eigenvalue weighted by atomic mass is 32.1. The van der Waals surface area contributed by atoms with Crippen molar-refractivity contribution in [2.75, 3.05) is 6.61 Å². The van der Waals surface area contributed by atoms with Crippen LogP contribution >= 0.6 is 11.3 Å². The highest BCUT2D eigenvalue weighted by Gasteiger charge is 2.10. The van der Waals surface area contributed by atoms with Crippen LogP contribution in [-0.4, -0.2) is 17.5 Å². The SMILES string of the molecule is C=CCCCCCOc1cccc(CNC(=O)c2cc3cccnc3s2)c1. The van der Waals surface area contributed by atoms with Gasteiger partial charge in [-0.15, -0.1) is 17.9 Å². The molecule has 0 bridgehead atoms. The molecule has 4 nitrogen and oxygen atoms in total. The molecular formula is C22H24N2O2S. The Balaban J connectivity index is 1.49. The van der Waals surface area contributed by atoms with Crippen molar-refractivity contribution in [3.8, 4) is 5.75 Å². The summed E-state index contributed by atoms with van der Waals surface area (Å²) in [5, 5.41) is 3.97. The number of fused-ring (bicyclic) bond motifs is 1. The lowest BCUT2D eigenvalue weighted by Crippen LogP contribution is -2.21. The molecule has 1 N–H and O–H groups in total. The van der Waals surface area contributed by atoms with Crippen LogP contribution < -0.4 is 10.1 Å². The number of aromatic nitrogens is 1. The molecule has 0 aliphatic heterocycles. The first kappa shape index (κ1) is 19.1. The summed E-state index contributed by atoms with van der Waals surface area (Å²) >= 11 is 1.41. The van der Waals surface area contributed by atoms with Crippen LogP contribution in [0.25, 0.3) is 10.2 Å². The lowest BCUT2D eigenvalue weighted by Gasteiger charge is -2.09. The summed E-state index contributed by atoms with van der Waals surface area (Å²) in [4.78, 5) is 18.2.